The van der Waals surface area contributed by atoms with Crippen LogP contribution in [0.15, 0.2) is 35.1 Å². The molecular weight excluding hydrogens is 347 g/mol. The molecule has 7 heteroatoms. The number of hydrogen-bond donors (Lipinski definition) is 0. The summed E-state index contributed by atoms with van der Waals surface area (Å²) in [5.41, 5.74) is 2.36. The molecule has 1 fully saturated rings. The SMILES string of the molecule is Cc1cc(N2CCOCC2C)nc2c1c(=O)n(Cc1ccc(F)cc1)n2C. The molecule has 0 radical (unpaired) electrons. The largest absolute Gasteiger partial charge is 0.377 e. The number of aromatic nitrogens is 3. The van der Waals surface area contributed by atoms with Gasteiger partial charge in [-0.05, 0) is 43.2 Å². The van der Waals surface area contributed by atoms with Crippen LogP contribution in [-0.2, 0) is 18.3 Å². The quantitative estimate of drug-likeness (QED) is 0.711. The van der Waals surface area contributed by atoms with Crippen molar-refractivity contribution in [2.45, 2.75) is 26.4 Å². The van der Waals surface area contributed by atoms with Gasteiger partial charge < -0.3 is 9.64 Å². The fourth-order valence-corrected chi connectivity index (χ4v) is 3.67. The van der Waals surface area contributed by atoms with Gasteiger partial charge in [0.25, 0.3) is 5.56 Å². The maximum absolute atomic E-state index is 13.2. The molecule has 3 heterocycles. The minimum Gasteiger partial charge on any atom is -0.377 e. The van der Waals surface area contributed by atoms with Gasteiger partial charge in [-0.1, -0.05) is 12.1 Å². The highest BCUT2D eigenvalue weighted by Crippen LogP contribution is 2.23. The zero-order valence-electron chi connectivity index (χ0n) is 15.8. The molecule has 0 amide bonds. The molecule has 1 unspecified atom stereocenters. The Morgan fingerprint density at radius 3 is 2.74 bits per heavy atom. The molecule has 1 aliphatic rings. The highest BCUT2D eigenvalue weighted by molar-refractivity contribution is 5.81. The number of rotatable bonds is 3. The van der Waals surface area contributed by atoms with E-state index < -0.39 is 0 Å². The number of ether oxygens (including phenoxy) is 1. The topological polar surface area (TPSA) is 52.3 Å². The van der Waals surface area contributed by atoms with Crippen LogP contribution in [0.3, 0.4) is 0 Å². The first-order chi connectivity index (χ1) is 13.0. The lowest BCUT2D eigenvalue weighted by atomic mass is 10.2. The van der Waals surface area contributed by atoms with Gasteiger partial charge in [0, 0.05) is 13.6 Å². The first-order valence-corrected chi connectivity index (χ1v) is 9.11. The third kappa shape index (κ3) is 3.12. The number of fused-ring (bicyclic) bond motifs is 1. The van der Waals surface area contributed by atoms with Crippen LogP contribution in [0.25, 0.3) is 11.0 Å². The summed E-state index contributed by atoms with van der Waals surface area (Å²) in [6, 6.07) is 8.42. The molecule has 1 atom stereocenters. The van der Waals surface area contributed by atoms with Gasteiger partial charge in [-0.2, -0.15) is 0 Å². The number of aryl methyl sites for hydroxylation is 2. The second kappa shape index (κ2) is 6.81. The molecule has 142 valence electrons. The van der Waals surface area contributed by atoms with Gasteiger partial charge in [-0.25, -0.2) is 14.1 Å². The van der Waals surface area contributed by atoms with E-state index in [4.69, 9.17) is 9.72 Å². The first kappa shape index (κ1) is 17.7. The van der Waals surface area contributed by atoms with Gasteiger partial charge in [-0.15, -0.1) is 0 Å². The van der Waals surface area contributed by atoms with Gasteiger partial charge in [0.05, 0.1) is 31.2 Å². The van der Waals surface area contributed by atoms with Crippen LogP contribution in [0.1, 0.15) is 18.1 Å². The fraction of sp³-hybridized carbons (Fsp3) is 0.400. The molecule has 3 aromatic rings. The van der Waals surface area contributed by atoms with Crippen molar-refractivity contribution >= 4 is 16.9 Å². The predicted molar refractivity (Wildman–Crippen MR) is 103 cm³/mol. The molecule has 4 rings (SSSR count). The van der Waals surface area contributed by atoms with Crippen LogP contribution < -0.4 is 10.5 Å². The van der Waals surface area contributed by atoms with E-state index in [0.717, 1.165) is 23.5 Å². The van der Waals surface area contributed by atoms with Crippen LogP contribution in [0, 0.1) is 12.7 Å². The first-order valence-electron chi connectivity index (χ1n) is 9.11. The predicted octanol–water partition coefficient (Wildman–Crippen LogP) is 2.46. The van der Waals surface area contributed by atoms with Crippen LogP contribution in [0.4, 0.5) is 10.2 Å². The van der Waals surface area contributed by atoms with E-state index in [0.29, 0.717) is 30.8 Å². The third-order valence-corrected chi connectivity index (χ3v) is 5.21. The van der Waals surface area contributed by atoms with E-state index in [2.05, 4.69) is 11.8 Å². The molecule has 0 bridgehead atoms. The van der Waals surface area contributed by atoms with Crippen LogP contribution in [0.2, 0.25) is 0 Å². The maximum Gasteiger partial charge on any atom is 0.276 e. The van der Waals surface area contributed by atoms with E-state index in [1.165, 1.54) is 12.1 Å². The van der Waals surface area contributed by atoms with Crippen LogP contribution in [-0.4, -0.2) is 40.1 Å². The molecule has 1 aromatic carbocycles. The molecule has 1 saturated heterocycles. The summed E-state index contributed by atoms with van der Waals surface area (Å²) >= 11 is 0. The fourth-order valence-electron chi connectivity index (χ4n) is 3.67. The number of benzene rings is 1. The van der Waals surface area contributed by atoms with Gasteiger partial charge in [0.15, 0.2) is 5.65 Å². The summed E-state index contributed by atoms with van der Waals surface area (Å²) in [6.45, 7) is 6.55. The van der Waals surface area contributed by atoms with Gasteiger partial charge >= 0.3 is 0 Å². The van der Waals surface area contributed by atoms with Gasteiger partial charge in [-0.3, -0.25) is 9.48 Å². The lowest BCUT2D eigenvalue weighted by molar-refractivity contribution is 0.0985. The summed E-state index contributed by atoms with van der Waals surface area (Å²) in [5, 5.41) is 0.629. The Bertz CT molecular complexity index is 1040. The average molecular weight is 370 g/mol. The molecule has 27 heavy (non-hydrogen) atoms. The van der Waals surface area contributed by atoms with Gasteiger partial charge in [0.2, 0.25) is 0 Å². The van der Waals surface area contributed by atoms with Crippen molar-refractivity contribution in [3.8, 4) is 0 Å². The number of nitrogens with zero attached hydrogens (tertiary/aromatic N) is 4. The van der Waals surface area contributed by atoms with E-state index >= 15 is 0 Å². The zero-order valence-corrected chi connectivity index (χ0v) is 15.8. The Labute approximate surface area is 156 Å². The molecule has 0 aliphatic carbocycles. The molecule has 1 aliphatic heterocycles. The Balaban J connectivity index is 1.79. The highest BCUT2D eigenvalue weighted by atomic mass is 19.1. The Hall–Kier alpha value is -2.67. The summed E-state index contributed by atoms with van der Waals surface area (Å²) < 4.78 is 22.1. The standard InChI is InChI=1S/C20H23FN4O2/c1-13-10-17(24-8-9-27-12-14(24)2)22-19-18(13)20(26)25(23(19)3)11-15-4-6-16(21)7-5-15/h4-7,10,14H,8-9,11-12H2,1-3H3. The second-order valence-corrected chi connectivity index (χ2v) is 7.13. The summed E-state index contributed by atoms with van der Waals surface area (Å²) in [5.74, 6) is 0.579. The third-order valence-electron chi connectivity index (χ3n) is 5.21. The normalized spacial score (nSPS) is 17.6. The van der Waals surface area contributed by atoms with Crippen molar-refractivity contribution < 1.29 is 9.13 Å². The smallest absolute Gasteiger partial charge is 0.276 e. The van der Waals surface area contributed by atoms with E-state index in [9.17, 15) is 9.18 Å². The lowest BCUT2D eigenvalue weighted by Gasteiger charge is -2.34. The second-order valence-electron chi connectivity index (χ2n) is 7.13. The summed E-state index contributed by atoms with van der Waals surface area (Å²) in [6.07, 6.45) is 0. The zero-order chi connectivity index (χ0) is 19.1. The molecule has 0 N–H and O–H groups in total. The number of hydrogen-bond acceptors (Lipinski definition) is 4. The Morgan fingerprint density at radius 1 is 1.30 bits per heavy atom. The van der Waals surface area contributed by atoms with E-state index in [-0.39, 0.29) is 17.4 Å². The van der Waals surface area contributed by atoms with E-state index in [1.54, 1.807) is 21.5 Å². The molecule has 0 saturated carbocycles. The van der Waals surface area contributed by atoms with Crippen molar-refractivity contribution in [1.82, 2.24) is 14.3 Å². The average Bonchev–Trinajstić information content (AvgIpc) is 2.89. The van der Waals surface area contributed by atoms with Crippen LogP contribution in [0.5, 0.6) is 0 Å². The lowest BCUT2D eigenvalue weighted by Crippen LogP contribution is -2.44. The Morgan fingerprint density at radius 2 is 2.04 bits per heavy atom. The molecule has 6 nitrogen and oxygen atoms in total. The van der Waals surface area contributed by atoms with Gasteiger partial charge in [0.1, 0.15) is 11.6 Å². The molecular formula is C20H23FN4O2. The number of pyridine rings is 1. The van der Waals surface area contributed by atoms with Crippen molar-refractivity contribution in [3.05, 3.63) is 57.6 Å². The Kier molecular flexibility index (Phi) is 4.47. The number of halogens is 1. The molecule has 2 aromatic heterocycles. The summed E-state index contributed by atoms with van der Waals surface area (Å²) in [4.78, 5) is 20.0. The molecule has 0 spiro atoms. The summed E-state index contributed by atoms with van der Waals surface area (Å²) in [7, 11) is 1.84. The van der Waals surface area contributed by atoms with Crippen molar-refractivity contribution in [1.29, 1.82) is 0 Å². The number of morpholine rings is 1. The van der Waals surface area contributed by atoms with Crippen molar-refractivity contribution in [2.24, 2.45) is 7.05 Å². The minimum absolute atomic E-state index is 0.0802. The van der Waals surface area contributed by atoms with E-state index in [1.807, 2.05) is 20.0 Å². The maximum atomic E-state index is 13.2. The minimum atomic E-state index is -0.287. The monoisotopic (exact) mass is 370 g/mol. The highest BCUT2D eigenvalue weighted by Gasteiger charge is 2.23. The van der Waals surface area contributed by atoms with Crippen molar-refractivity contribution in [3.63, 3.8) is 0 Å². The van der Waals surface area contributed by atoms with Crippen LogP contribution >= 0.6 is 0 Å². The van der Waals surface area contributed by atoms with Crippen molar-refractivity contribution in [2.75, 3.05) is 24.7 Å². The number of anilines is 1.